The number of halogens is 1. The lowest BCUT2D eigenvalue weighted by molar-refractivity contribution is -0.146. The Bertz CT molecular complexity index is 1500. The summed E-state index contributed by atoms with van der Waals surface area (Å²) in [6.07, 6.45) is 4.52. The molecule has 11 heteroatoms. The Morgan fingerprint density at radius 1 is 1.10 bits per heavy atom. The molecule has 1 atom stereocenters. The third kappa shape index (κ3) is 7.24. The van der Waals surface area contributed by atoms with Crippen molar-refractivity contribution in [2.24, 2.45) is 5.41 Å². The third-order valence-electron chi connectivity index (χ3n) is 5.80. The van der Waals surface area contributed by atoms with E-state index in [1.807, 2.05) is 0 Å². The minimum atomic E-state index is -1.15. The number of rotatable bonds is 9. The van der Waals surface area contributed by atoms with Crippen LogP contribution in [-0.2, 0) is 19.1 Å². The van der Waals surface area contributed by atoms with Gasteiger partial charge in [0.05, 0.1) is 40.3 Å². The number of carbonyl (C=O) groups is 4. The second-order valence-corrected chi connectivity index (χ2v) is 10.2. The summed E-state index contributed by atoms with van der Waals surface area (Å²) in [5.41, 5.74) is 0.458. The van der Waals surface area contributed by atoms with E-state index >= 15 is 0 Å². The molecule has 0 saturated heterocycles. The van der Waals surface area contributed by atoms with Crippen LogP contribution in [0.3, 0.4) is 0 Å². The second-order valence-electron chi connectivity index (χ2n) is 9.78. The van der Waals surface area contributed by atoms with Gasteiger partial charge in [-0.2, -0.15) is 0 Å². The fourth-order valence-electron chi connectivity index (χ4n) is 3.82. The first kappa shape index (κ1) is 30.3. The number of ketones is 1. The Morgan fingerprint density at radius 2 is 1.82 bits per heavy atom. The number of fused-ring (bicyclic) bond motifs is 1. The van der Waals surface area contributed by atoms with Crippen LogP contribution in [0.5, 0.6) is 0 Å². The van der Waals surface area contributed by atoms with Crippen molar-refractivity contribution in [1.29, 1.82) is 0 Å². The molecule has 1 amide bonds. The van der Waals surface area contributed by atoms with Crippen molar-refractivity contribution in [1.82, 2.24) is 20.3 Å². The van der Waals surface area contributed by atoms with Gasteiger partial charge >= 0.3 is 11.9 Å². The number of Topliss-reactive ketones (excluding diaryl/α,β-unsaturated/α-hetero) is 1. The molecule has 0 aliphatic heterocycles. The maximum atomic E-state index is 13.7. The van der Waals surface area contributed by atoms with Gasteiger partial charge in [-0.15, -0.1) is 0 Å². The zero-order valence-corrected chi connectivity index (χ0v) is 23.8. The standard InChI is InChI=1S/C29H31ClN4O6/c1-6-39-23(35)13-12-22(28(38)40-7-2)34-27(37)19-10-11-21(30)18(24(19)25(36)29(3,4)5)9-8-17-14-32-26-20(17)15-31-16-33-26/h10-11,14-16,22H,6-7,12-13H2,1-5H3,(H,34,37)(H,31,32,33)/t22-/m0/s1. The van der Waals surface area contributed by atoms with Gasteiger partial charge in [-0.3, -0.25) is 14.4 Å². The second kappa shape index (κ2) is 13.2. The predicted octanol–water partition coefficient (Wildman–Crippen LogP) is 4.24. The van der Waals surface area contributed by atoms with Crippen molar-refractivity contribution in [2.45, 2.75) is 53.5 Å². The molecule has 2 aromatic heterocycles. The van der Waals surface area contributed by atoms with Crippen LogP contribution >= 0.6 is 11.6 Å². The molecule has 0 unspecified atom stereocenters. The van der Waals surface area contributed by atoms with Crippen LogP contribution in [0, 0.1) is 17.3 Å². The molecule has 0 radical (unpaired) electrons. The molecule has 2 N–H and O–H groups in total. The molecule has 0 aliphatic carbocycles. The molecule has 0 aliphatic rings. The summed E-state index contributed by atoms with van der Waals surface area (Å²) in [6.45, 7) is 8.72. The minimum Gasteiger partial charge on any atom is -0.466 e. The highest BCUT2D eigenvalue weighted by atomic mass is 35.5. The average molecular weight is 567 g/mol. The van der Waals surface area contributed by atoms with Crippen LogP contribution in [0.25, 0.3) is 11.0 Å². The number of hydrogen-bond donors (Lipinski definition) is 2. The van der Waals surface area contributed by atoms with Gasteiger partial charge in [0, 0.05) is 29.8 Å². The van der Waals surface area contributed by atoms with Gasteiger partial charge in [-0.1, -0.05) is 44.2 Å². The first-order chi connectivity index (χ1) is 19.0. The number of hydrogen-bond acceptors (Lipinski definition) is 8. The van der Waals surface area contributed by atoms with Gasteiger partial charge in [-0.05, 0) is 32.4 Å². The largest absolute Gasteiger partial charge is 0.466 e. The van der Waals surface area contributed by atoms with Crippen molar-refractivity contribution in [3.63, 3.8) is 0 Å². The summed E-state index contributed by atoms with van der Waals surface area (Å²) in [5.74, 6) is 3.66. The molecule has 210 valence electrons. The van der Waals surface area contributed by atoms with Gasteiger partial charge in [0.2, 0.25) is 0 Å². The Kier molecular flexibility index (Phi) is 10.0. The Balaban J connectivity index is 2.06. The summed E-state index contributed by atoms with van der Waals surface area (Å²) in [4.78, 5) is 62.9. The average Bonchev–Trinajstić information content (AvgIpc) is 3.32. The normalized spacial score (nSPS) is 11.8. The predicted molar refractivity (Wildman–Crippen MR) is 149 cm³/mol. The highest BCUT2D eigenvalue weighted by molar-refractivity contribution is 6.33. The fraction of sp³-hybridized carbons (Fsp3) is 0.379. The maximum absolute atomic E-state index is 13.7. The number of nitrogens with one attached hydrogen (secondary N) is 2. The van der Waals surface area contributed by atoms with Gasteiger partial charge in [0.15, 0.2) is 5.78 Å². The van der Waals surface area contributed by atoms with Crippen molar-refractivity contribution in [2.75, 3.05) is 13.2 Å². The first-order valence-corrected chi connectivity index (χ1v) is 13.1. The Morgan fingerprint density at radius 3 is 2.50 bits per heavy atom. The topological polar surface area (TPSA) is 140 Å². The first-order valence-electron chi connectivity index (χ1n) is 12.8. The zero-order valence-electron chi connectivity index (χ0n) is 23.0. The molecule has 10 nitrogen and oxygen atoms in total. The quantitative estimate of drug-likeness (QED) is 0.222. The van der Waals surface area contributed by atoms with Gasteiger partial charge in [0.1, 0.15) is 18.0 Å². The SMILES string of the molecule is CCOC(=O)CC[C@H](NC(=O)c1ccc(Cl)c(C#Cc2c[nH]c3ncncc23)c1C(=O)C(C)(C)C)C(=O)OCC. The number of H-pyrrole nitrogens is 1. The molecule has 1 aromatic carbocycles. The Hall–Kier alpha value is -4.23. The van der Waals surface area contributed by atoms with E-state index in [1.165, 1.54) is 18.5 Å². The molecule has 40 heavy (non-hydrogen) atoms. The summed E-state index contributed by atoms with van der Waals surface area (Å²) in [6, 6.07) is 1.73. The van der Waals surface area contributed by atoms with Gasteiger partial charge < -0.3 is 19.8 Å². The monoisotopic (exact) mass is 566 g/mol. The number of aromatic nitrogens is 3. The van der Waals surface area contributed by atoms with Crippen LogP contribution in [0.2, 0.25) is 5.02 Å². The maximum Gasteiger partial charge on any atom is 0.328 e. The molecule has 0 saturated carbocycles. The van der Waals surface area contributed by atoms with E-state index in [9.17, 15) is 19.2 Å². The minimum absolute atomic E-state index is 0.0127. The molecular formula is C29H31ClN4O6. The van der Waals surface area contributed by atoms with Crippen LogP contribution in [0.4, 0.5) is 0 Å². The molecule has 3 rings (SSSR count). The highest BCUT2D eigenvalue weighted by Crippen LogP contribution is 2.30. The number of amides is 1. The summed E-state index contributed by atoms with van der Waals surface area (Å²) >= 11 is 6.53. The van der Waals surface area contributed by atoms with Gasteiger partial charge in [-0.25, -0.2) is 14.8 Å². The van der Waals surface area contributed by atoms with Crippen molar-refractivity contribution >= 4 is 46.3 Å². The van der Waals surface area contributed by atoms with E-state index in [4.69, 9.17) is 21.1 Å². The van der Waals surface area contributed by atoms with Crippen molar-refractivity contribution in [3.05, 3.63) is 58.1 Å². The molecule has 0 spiro atoms. The van der Waals surface area contributed by atoms with E-state index in [2.05, 4.69) is 32.1 Å². The van der Waals surface area contributed by atoms with Crippen LogP contribution in [0.15, 0.2) is 30.9 Å². The van der Waals surface area contributed by atoms with Crippen molar-refractivity contribution in [3.8, 4) is 11.8 Å². The lowest BCUT2D eigenvalue weighted by atomic mass is 9.82. The van der Waals surface area contributed by atoms with Crippen LogP contribution in [-0.4, -0.2) is 57.8 Å². The molecule has 3 aromatic rings. The van der Waals surface area contributed by atoms with E-state index in [-0.39, 0.29) is 53.6 Å². The number of carbonyl (C=O) groups excluding carboxylic acids is 4. The zero-order chi connectivity index (χ0) is 29.4. The number of nitrogens with zero attached hydrogens (tertiary/aromatic N) is 2. The fourth-order valence-corrected chi connectivity index (χ4v) is 4.02. The molecular weight excluding hydrogens is 536 g/mol. The molecule has 0 bridgehead atoms. The smallest absolute Gasteiger partial charge is 0.328 e. The van der Waals surface area contributed by atoms with Crippen LogP contribution < -0.4 is 5.32 Å². The van der Waals surface area contributed by atoms with E-state index < -0.39 is 29.3 Å². The van der Waals surface area contributed by atoms with E-state index in [1.54, 1.807) is 47.0 Å². The lowest BCUT2D eigenvalue weighted by Gasteiger charge is -2.22. The summed E-state index contributed by atoms with van der Waals surface area (Å²) in [7, 11) is 0. The molecule has 0 fully saturated rings. The lowest BCUT2D eigenvalue weighted by Crippen LogP contribution is -2.43. The van der Waals surface area contributed by atoms with Gasteiger partial charge in [0.25, 0.3) is 5.91 Å². The molecule has 2 heterocycles. The number of ether oxygens (including phenoxy) is 2. The number of aromatic amines is 1. The summed E-state index contributed by atoms with van der Waals surface area (Å²) in [5, 5.41) is 3.48. The van der Waals surface area contributed by atoms with Crippen LogP contribution in [0.1, 0.15) is 79.3 Å². The van der Waals surface area contributed by atoms with Crippen molar-refractivity contribution < 1.29 is 28.7 Å². The van der Waals surface area contributed by atoms with E-state index in [0.29, 0.717) is 16.6 Å². The number of benzene rings is 1. The van der Waals surface area contributed by atoms with E-state index in [0.717, 1.165) is 0 Å². The highest BCUT2D eigenvalue weighted by Gasteiger charge is 2.32. The Labute approximate surface area is 237 Å². The third-order valence-corrected chi connectivity index (χ3v) is 6.12. The number of esters is 2. The summed E-state index contributed by atoms with van der Waals surface area (Å²) < 4.78 is 10.0.